The number of nitrogens with zero attached hydrogens (tertiary/aromatic N) is 2. The van der Waals surface area contributed by atoms with E-state index in [4.69, 9.17) is 16.6 Å². The van der Waals surface area contributed by atoms with Gasteiger partial charge in [-0.1, -0.05) is 12.1 Å². The zero-order chi connectivity index (χ0) is 21.4. The predicted octanol–water partition coefficient (Wildman–Crippen LogP) is 2.63. The van der Waals surface area contributed by atoms with Gasteiger partial charge in [0.05, 0.1) is 11.0 Å². The number of nitrogens with one attached hydrogen (secondary N) is 1. The molecule has 0 aliphatic heterocycles. The number of nitrogens with two attached hydrogens (primary N) is 2. The van der Waals surface area contributed by atoms with Gasteiger partial charge in [0.1, 0.15) is 11.7 Å². The number of nitrogen functional groups attached to an aromatic ring is 1. The minimum absolute atomic E-state index is 0.272. The molecule has 30 heavy (non-hydrogen) atoms. The molecule has 1 unspecified atom stereocenters. The summed E-state index contributed by atoms with van der Waals surface area (Å²) in [6.07, 6.45) is 2.81. The van der Waals surface area contributed by atoms with Crippen molar-refractivity contribution in [2.45, 2.75) is 32.4 Å². The van der Waals surface area contributed by atoms with Gasteiger partial charge < -0.3 is 26.1 Å². The molecule has 0 fully saturated rings. The number of carboxylic acid groups (broad SMARTS) is 1. The Bertz CT molecular complexity index is 1320. The third kappa shape index (κ3) is 3.53. The van der Waals surface area contributed by atoms with E-state index in [9.17, 15) is 9.59 Å². The zero-order valence-electron chi connectivity index (χ0n) is 16.6. The molecule has 2 aromatic carbocycles. The molecule has 2 aromatic heterocycles. The highest BCUT2D eigenvalue weighted by Crippen LogP contribution is 2.30. The largest absolute Gasteiger partial charge is 0.480 e. The molecule has 2 heterocycles. The topological polar surface area (TPSA) is 140 Å². The van der Waals surface area contributed by atoms with Gasteiger partial charge in [0, 0.05) is 34.9 Å². The number of benzene rings is 2. The van der Waals surface area contributed by atoms with E-state index >= 15 is 0 Å². The van der Waals surface area contributed by atoms with Gasteiger partial charge >= 0.3 is 5.97 Å². The summed E-state index contributed by atoms with van der Waals surface area (Å²) in [5, 5.41) is 9.80. The Labute approximate surface area is 172 Å². The molecule has 0 saturated heterocycles. The van der Waals surface area contributed by atoms with E-state index in [0.717, 1.165) is 22.0 Å². The summed E-state index contributed by atoms with van der Waals surface area (Å²) in [6.45, 7) is 2.49. The summed E-state index contributed by atoms with van der Waals surface area (Å²) >= 11 is 0. The van der Waals surface area contributed by atoms with Crippen LogP contribution < -0.4 is 17.0 Å². The quantitative estimate of drug-likeness (QED) is 0.364. The number of aliphatic carboxylic acids is 1. The zero-order valence-corrected chi connectivity index (χ0v) is 16.6. The first-order valence-corrected chi connectivity index (χ1v) is 9.72. The summed E-state index contributed by atoms with van der Waals surface area (Å²) in [5.74, 6) is -1.01. The lowest BCUT2D eigenvalue weighted by Crippen LogP contribution is -2.30. The molecule has 0 radical (unpaired) electrons. The van der Waals surface area contributed by atoms with Gasteiger partial charge in [-0.05, 0) is 49.6 Å². The maximum Gasteiger partial charge on any atom is 0.320 e. The number of para-hydroxylation sites is 1. The van der Waals surface area contributed by atoms with E-state index in [0.29, 0.717) is 41.8 Å². The maximum absolute atomic E-state index is 12.9. The van der Waals surface area contributed by atoms with Crippen LogP contribution in [0, 0.1) is 6.92 Å². The van der Waals surface area contributed by atoms with E-state index in [1.165, 1.54) is 0 Å². The van der Waals surface area contributed by atoms with Crippen LogP contribution in [0.3, 0.4) is 0 Å². The molecular formula is C22H23N5O3. The molecule has 1 atom stereocenters. The van der Waals surface area contributed by atoms with Crippen molar-refractivity contribution in [1.29, 1.82) is 0 Å². The highest BCUT2D eigenvalue weighted by atomic mass is 16.4. The molecule has 8 nitrogen and oxygen atoms in total. The van der Waals surface area contributed by atoms with E-state index in [1.54, 1.807) is 6.07 Å². The molecule has 154 valence electrons. The number of aryl methyl sites for hydroxylation is 2. The summed E-state index contributed by atoms with van der Waals surface area (Å²) in [5.41, 5.74) is 16.2. The summed E-state index contributed by atoms with van der Waals surface area (Å²) in [7, 11) is 0. The van der Waals surface area contributed by atoms with Crippen molar-refractivity contribution in [3.8, 4) is 11.3 Å². The van der Waals surface area contributed by atoms with Crippen LogP contribution in [-0.4, -0.2) is 31.7 Å². The van der Waals surface area contributed by atoms with Gasteiger partial charge in [-0.25, -0.2) is 4.98 Å². The number of anilines is 1. The highest BCUT2D eigenvalue weighted by molar-refractivity contribution is 5.97. The molecular weight excluding hydrogens is 382 g/mol. The molecule has 0 aliphatic rings. The van der Waals surface area contributed by atoms with Crippen molar-refractivity contribution in [2.75, 3.05) is 5.73 Å². The molecule has 6 N–H and O–H groups in total. The van der Waals surface area contributed by atoms with E-state index in [1.807, 2.05) is 48.0 Å². The monoisotopic (exact) mass is 405 g/mol. The first-order valence-electron chi connectivity index (χ1n) is 9.72. The van der Waals surface area contributed by atoms with Crippen molar-refractivity contribution >= 4 is 33.6 Å². The highest BCUT2D eigenvalue weighted by Gasteiger charge is 2.17. The normalized spacial score (nSPS) is 12.5. The smallest absolute Gasteiger partial charge is 0.320 e. The van der Waals surface area contributed by atoms with Gasteiger partial charge in [-0.15, -0.1) is 0 Å². The van der Waals surface area contributed by atoms with Crippen LogP contribution in [0.2, 0.25) is 0 Å². The van der Waals surface area contributed by atoms with Crippen LogP contribution in [0.15, 0.2) is 47.4 Å². The second-order valence-corrected chi connectivity index (χ2v) is 7.48. The first kappa shape index (κ1) is 19.7. The van der Waals surface area contributed by atoms with Crippen molar-refractivity contribution in [3.63, 3.8) is 0 Å². The third-order valence-electron chi connectivity index (χ3n) is 5.33. The Morgan fingerprint density at radius 2 is 2.10 bits per heavy atom. The summed E-state index contributed by atoms with van der Waals surface area (Å²) < 4.78 is 1.99. The number of aromatic nitrogens is 3. The Hall–Kier alpha value is -3.65. The molecule has 0 aliphatic carbocycles. The van der Waals surface area contributed by atoms with Crippen LogP contribution in [0.4, 0.5) is 5.69 Å². The van der Waals surface area contributed by atoms with Crippen LogP contribution in [0.1, 0.15) is 18.4 Å². The third-order valence-corrected chi connectivity index (χ3v) is 5.33. The summed E-state index contributed by atoms with van der Waals surface area (Å²) in [4.78, 5) is 31.4. The number of hydrogen-bond donors (Lipinski definition) is 4. The average molecular weight is 405 g/mol. The number of H-pyrrole nitrogens is 1. The maximum atomic E-state index is 12.9. The lowest BCUT2D eigenvalue weighted by molar-refractivity contribution is -0.138. The summed E-state index contributed by atoms with van der Waals surface area (Å²) in [6, 6.07) is 10.3. The SMILES string of the molecule is Cc1cccc2nc(-c3cn(CCCC(N)C(=O)O)c4ccc(N)cc34)c(=O)[nH]c12. The van der Waals surface area contributed by atoms with E-state index in [-0.39, 0.29) is 5.56 Å². The number of hydrogen-bond acceptors (Lipinski definition) is 5. The number of rotatable bonds is 6. The second kappa shape index (κ2) is 7.64. The fourth-order valence-electron chi connectivity index (χ4n) is 3.73. The second-order valence-electron chi connectivity index (χ2n) is 7.48. The average Bonchev–Trinajstić information content (AvgIpc) is 3.05. The van der Waals surface area contributed by atoms with Gasteiger partial charge in [0.15, 0.2) is 0 Å². The van der Waals surface area contributed by atoms with Crippen molar-refractivity contribution < 1.29 is 9.90 Å². The number of carboxylic acids is 1. The van der Waals surface area contributed by atoms with Crippen LogP contribution in [0.25, 0.3) is 33.2 Å². The fraction of sp³-hybridized carbons (Fsp3) is 0.227. The van der Waals surface area contributed by atoms with Crippen LogP contribution >= 0.6 is 0 Å². The Morgan fingerprint density at radius 1 is 1.30 bits per heavy atom. The molecule has 4 aromatic rings. The van der Waals surface area contributed by atoms with Crippen molar-refractivity contribution in [3.05, 3.63) is 58.5 Å². The number of fused-ring (bicyclic) bond motifs is 2. The lowest BCUT2D eigenvalue weighted by Gasteiger charge is -2.08. The van der Waals surface area contributed by atoms with E-state index < -0.39 is 12.0 Å². The lowest BCUT2D eigenvalue weighted by atomic mass is 10.1. The first-order chi connectivity index (χ1) is 14.3. The fourth-order valence-corrected chi connectivity index (χ4v) is 3.73. The molecule has 0 spiro atoms. The number of carbonyl (C=O) groups is 1. The van der Waals surface area contributed by atoms with Crippen LogP contribution in [0.5, 0.6) is 0 Å². The Balaban J connectivity index is 1.80. The van der Waals surface area contributed by atoms with Crippen molar-refractivity contribution in [1.82, 2.24) is 14.5 Å². The minimum atomic E-state index is -1.01. The van der Waals surface area contributed by atoms with Gasteiger partial charge in [-0.3, -0.25) is 9.59 Å². The van der Waals surface area contributed by atoms with Gasteiger partial charge in [-0.2, -0.15) is 0 Å². The Morgan fingerprint density at radius 3 is 2.87 bits per heavy atom. The predicted molar refractivity (Wildman–Crippen MR) is 117 cm³/mol. The van der Waals surface area contributed by atoms with Crippen molar-refractivity contribution in [2.24, 2.45) is 5.73 Å². The minimum Gasteiger partial charge on any atom is -0.480 e. The Kier molecular flexibility index (Phi) is 5.01. The van der Waals surface area contributed by atoms with Gasteiger partial charge in [0.25, 0.3) is 5.56 Å². The van der Waals surface area contributed by atoms with Gasteiger partial charge in [0.2, 0.25) is 0 Å². The molecule has 4 rings (SSSR count). The van der Waals surface area contributed by atoms with Crippen LogP contribution in [-0.2, 0) is 11.3 Å². The molecule has 0 amide bonds. The number of aromatic amines is 1. The van der Waals surface area contributed by atoms with E-state index in [2.05, 4.69) is 9.97 Å². The molecule has 8 heteroatoms. The standard InChI is InChI=1S/C22H23N5O3/c1-12-4-2-6-17-19(12)26-21(28)20(25-17)15-11-27(9-3-5-16(24)22(29)30)18-8-7-13(23)10-14(15)18/h2,4,6-8,10-11,16H,3,5,9,23-24H2,1H3,(H,26,28)(H,29,30). The molecule has 0 saturated carbocycles. The molecule has 0 bridgehead atoms.